The van der Waals surface area contributed by atoms with Crippen LogP contribution in [0.5, 0.6) is 0 Å². The van der Waals surface area contributed by atoms with Gasteiger partial charge in [0.1, 0.15) is 12.2 Å². The predicted octanol–water partition coefficient (Wildman–Crippen LogP) is 2.70. The molecule has 1 N–H and O–H groups in total. The minimum absolute atomic E-state index is 0.0670. The number of Topliss-reactive ketones (excluding diaryl/α,β-unsaturated/α-hetero) is 1. The summed E-state index contributed by atoms with van der Waals surface area (Å²) in [5.74, 6) is 1.21. The standard InChI is InChI=1S/C16H22N4O/c1-11-7-12-13(8-16(2,3)9-14(12)21)20(11)6-4-5-15-17-10-18-19-15/h7,10H,4-6,8-9H2,1-3H3,(H,17,18,19). The third-order valence-electron chi connectivity index (χ3n) is 4.26. The van der Waals surface area contributed by atoms with Crippen LogP contribution in [0.3, 0.4) is 0 Å². The number of hydrogen-bond acceptors (Lipinski definition) is 3. The highest BCUT2D eigenvalue weighted by molar-refractivity contribution is 5.99. The second kappa shape index (κ2) is 5.13. The Morgan fingerprint density at radius 1 is 1.38 bits per heavy atom. The molecule has 2 aromatic rings. The first kappa shape index (κ1) is 14.0. The molecule has 0 spiro atoms. The second-order valence-corrected chi connectivity index (χ2v) is 6.77. The maximum atomic E-state index is 12.3. The molecule has 2 heterocycles. The molecule has 5 nitrogen and oxygen atoms in total. The van der Waals surface area contributed by atoms with Crippen molar-refractivity contribution < 1.29 is 4.79 Å². The summed E-state index contributed by atoms with van der Waals surface area (Å²) in [7, 11) is 0. The monoisotopic (exact) mass is 286 g/mol. The summed E-state index contributed by atoms with van der Waals surface area (Å²) >= 11 is 0. The van der Waals surface area contributed by atoms with E-state index in [2.05, 4.69) is 46.6 Å². The average Bonchev–Trinajstić information content (AvgIpc) is 2.99. The predicted molar refractivity (Wildman–Crippen MR) is 80.3 cm³/mol. The minimum Gasteiger partial charge on any atom is -0.348 e. The fraction of sp³-hybridized carbons (Fsp3) is 0.562. The highest BCUT2D eigenvalue weighted by Gasteiger charge is 2.33. The summed E-state index contributed by atoms with van der Waals surface area (Å²) in [4.78, 5) is 16.4. The summed E-state index contributed by atoms with van der Waals surface area (Å²) in [5.41, 5.74) is 3.40. The van der Waals surface area contributed by atoms with Crippen molar-refractivity contribution in [2.24, 2.45) is 5.41 Å². The smallest absolute Gasteiger partial charge is 0.165 e. The fourth-order valence-electron chi connectivity index (χ4n) is 3.27. The van der Waals surface area contributed by atoms with Crippen molar-refractivity contribution >= 4 is 5.78 Å². The largest absolute Gasteiger partial charge is 0.348 e. The number of aryl methyl sites for hydroxylation is 2. The molecule has 2 aromatic heterocycles. The van der Waals surface area contributed by atoms with Gasteiger partial charge in [-0.05, 0) is 31.2 Å². The van der Waals surface area contributed by atoms with E-state index in [1.165, 1.54) is 11.4 Å². The molecule has 0 aromatic carbocycles. The van der Waals surface area contributed by atoms with E-state index in [4.69, 9.17) is 0 Å². The Morgan fingerprint density at radius 3 is 2.90 bits per heavy atom. The van der Waals surface area contributed by atoms with Gasteiger partial charge in [0, 0.05) is 36.3 Å². The first-order chi connectivity index (χ1) is 9.96. The maximum absolute atomic E-state index is 12.3. The van der Waals surface area contributed by atoms with Crippen LogP contribution >= 0.6 is 0 Å². The summed E-state index contributed by atoms with van der Waals surface area (Å²) in [5, 5.41) is 6.76. The Balaban J connectivity index is 1.78. The molecular weight excluding hydrogens is 264 g/mol. The van der Waals surface area contributed by atoms with Crippen LogP contribution in [0.15, 0.2) is 12.4 Å². The Labute approximate surface area is 124 Å². The molecular formula is C16H22N4O. The Kier molecular flexibility index (Phi) is 3.43. The molecule has 0 fully saturated rings. The normalized spacial score (nSPS) is 17.0. The van der Waals surface area contributed by atoms with Crippen molar-refractivity contribution in [1.82, 2.24) is 19.7 Å². The third kappa shape index (κ3) is 2.77. The number of ketones is 1. The molecule has 112 valence electrons. The highest BCUT2D eigenvalue weighted by Crippen LogP contribution is 2.36. The topological polar surface area (TPSA) is 63.6 Å². The van der Waals surface area contributed by atoms with Gasteiger partial charge in [0.15, 0.2) is 5.78 Å². The van der Waals surface area contributed by atoms with Gasteiger partial charge in [-0.15, -0.1) is 0 Å². The van der Waals surface area contributed by atoms with E-state index in [-0.39, 0.29) is 5.41 Å². The number of hydrogen-bond donors (Lipinski definition) is 1. The number of H-pyrrole nitrogens is 1. The van der Waals surface area contributed by atoms with Crippen molar-refractivity contribution in [3.8, 4) is 0 Å². The van der Waals surface area contributed by atoms with Crippen LogP contribution in [0.25, 0.3) is 0 Å². The lowest BCUT2D eigenvalue weighted by Gasteiger charge is -2.29. The quantitative estimate of drug-likeness (QED) is 0.940. The van der Waals surface area contributed by atoms with Crippen molar-refractivity contribution in [2.45, 2.75) is 53.0 Å². The third-order valence-corrected chi connectivity index (χ3v) is 4.26. The zero-order valence-corrected chi connectivity index (χ0v) is 12.9. The SMILES string of the molecule is Cc1cc2c(n1CCCc1ncn[nH]1)CC(C)(C)CC2=O. The van der Waals surface area contributed by atoms with E-state index in [1.54, 1.807) is 6.33 Å². The van der Waals surface area contributed by atoms with Crippen molar-refractivity contribution in [1.29, 1.82) is 0 Å². The van der Waals surface area contributed by atoms with Crippen LogP contribution in [0.2, 0.25) is 0 Å². The summed E-state index contributed by atoms with van der Waals surface area (Å²) in [6.45, 7) is 7.36. The van der Waals surface area contributed by atoms with Crippen LogP contribution in [-0.4, -0.2) is 25.5 Å². The lowest BCUT2D eigenvalue weighted by atomic mass is 9.76. The van der Waals surface area contributed by atoms with Gasteiger partial charge in [-0.2, -0.15) is 5.10 Å². The zero-order chi connectivity index (χ0) is 15.0. The van der Waals surface area contributed by atoms with E-state index >= 15 is 0 Å². The van der Waals surface area contributed by atoms with Gasteiger partial charge < -0.3 is 4.57 Å². The number of aromatic amines is 1. The molecule has 0 amide bonds. The molecule has 1 aliphatic rings. The van der Waals surface area contributed by atoms with Gasteiger partial charge in [-0.25, -0.2) is 4.98 Å². The zero-order valence-electron chi connectivity index (χ0n) is 12.9. The first-order valence-corrected chi connectivity index (χ1v) is 7.53. The second-order valence-electron chi connectivity index (χ2n) is 6.77. The Hall–Kier alpha value is -1.91. The number of fused-ring (bicyclic) bond motifs is 1. The lowest BCUT2D eigenvalue weighted by Crippen LogP contribution is -2.28. The average molecular weight is 286 g/mol. The Morgan fingerprint density at radius 2 is 2.19 bits per heavy atom. The summed E-state index contributed by atoms with van der Waals surface area (Å²) in [6.07, 6.45) is 5.04. The molecule has 0 saturated heterocycles. The molecule has 5 heteroatoms. The van der Waals surface area contributed by atoms with Gasteiger partial charge in [0.2, 0.25) is 0 Å². The number of rotatable bonds is 4. The molecule has 3 rings (SSSR count). The molecule has 0 saturated carbocycles. The van der Waals surface area contributed by atoms with Gasteiger partial charge >= 0.3 is 0 Å². The van der Waals surface area contributed by atoms with E-state index in [9.17, 15) is 4.79 Å². The fourth-order valence-corrected chi connectivity index (χ4v) is 3.27. The first-order valence-electron chi connectivity index (χ1n) is 7.53. The summed E-state index contributed by atoms with van der Waals surface area (Å²) < 4.78 is 2.31. The number of nitrogens with zero attached hydrogens (tertiary/aromatic N) is 3. The Bertz CT molecular complexity index is 652. The van der Waals surface area contributed by atoms with Crippen LogP contribution in [0.4, 0.5) is 0 Å². The minimum atomic E-state index is 0.0670. The highest BCUT2D eigenvalue weighted by atomic mass is 16.1. The number of nitrogens with one attached hydrogen (secondary N) is 1. The van der Waals surface area contributed by atoms with Crippen LogP contribution in [0, 0.1) is 12.3 Å². The van der Waals surface area contributed by atoms with E-state index in [1.807, 2.05) is 0 Å². The molecule has 0 radical (unpaired) electrons. The van der Waals surface area contributed by atoms with Crippen molar-refractivity contribution in [3.05, 3.63) is 35.2 Å². The molecule has 21 heavy (non-hydrogen) atoms. The molecule has 0 atom stereocenters. The van der Waals surface area contributed by atoms with Gasteiger partial charge in [0.25, 0.3) is 0 Å². The maximum Gasteiger partial charge on any atom is 0.165 e. The van der Waals surface area contributed by atoms with Crippen molar-refractivity contribution in [3.63, 3.8) is 0 Å². The molecule has 0 bridgehead atoms. The number of carbonyl (C=O) groups excluding carboxylic acids is 1. The van der Waals surface area contributed by atoms with E-state index in [0.29, 0.717) is 12.2 Å². The number of carbonyl (C=O) groups is 1. The molecule has 0 unspecified atom stereocenters. The lowest BCUT2D eigenvalue weighted by molar-refractivity contribution is 0.0910. The van der Waals surface area contributed by atoms with Gasteiger partial charge in [-0.3, -0.25) is 9.89 Å². The molecule has 1 aliphatic carbocycles. The summed E-state index contributed by atoms with van der Waals surface area (Å²) in [6, 6.07) is 2.06. The van der Waals surface area contributed by atoms with Crippen molar-refractivity contribution in [2.75, 3.05) is 0 Å². The van der Waals surface area contributed by atoms with Crippen LogP contribution < -0.4 is 0 Å². The van der Waals surface area contributed by atoms with E-state index in [0.717, 1.165) is 37.2 Å². The molecule has 0 aliphatic heterocycles. The number of aromatic nitrogens is 4. The van der Waals surface area contributed by atoms with Gasteiger partial charge in [0.05, 0.1) is 0 Å². The van der Waals surface area contributed by atoms with Crippen LogP contribution in [0.1, 0.15) is 54.3 Å². The van der Waals surface area contributed by atoms with Gasteiger partial charge in [-0.1, -0.05) is 13.8 Å². The van der Waals surface area contributed by atoms with Crippen LogP contribution in [-0.2, 0) is 19.4 Å². The van der Waals surface area contributed by atoms with E-state index < -0.39 is 0 Å².